The lowest BCUT2D eigenvalue weighted by atomic mass is 9.95. The first kappa shape index (κ1) is 23.4. The number of thiazole rings is 1. The third-order valence-corrected chi connectivity index (χ3v) is 6.67. The van der Waals surface area contributed by atoms with Gasteiger partial charge in [0.15, 0.2) is 5.69 Å². The van der Waals surface area contributed by atoms with E-state index in [2.05, 4.69) is 36.1 Å². The van der Waals surface area contributed by atoms with E-state index in [-0.39, 0.29) is 12.4 Å². The maximum atomic E-state index is 6.31. The Labute approximate surface area is 206 Å². The lowest BCUT2D eigenvalue weighted by molar-refractivity contribution is -0.596. The third kappa shape index (κ3) is 4.65. The molecule has 0 aliphatic heterocycles. The Morgan fingerprint density at radius 2 is 1.13 bits per heavy atom. The number of aromatic nitrogens is 1. The number of para-hydroxylation sites is 1. The molecule has 0 aliphatic rings. The molecule has 154 valence electrons. The molecule has 0 saturated heterocycles. The molecule has 0 saturated carbocycles. The summed E-state index contributed by atoms with van der Waals surface area (Å²) in [5.41, 5.74) is 8.26. The Balaban J connectivity index is 0.00000256. The van der Waals surface area contributed by atoms with Crippen LogP contribution in [0.15, 0.2) is 60.1 Å². The number of hydrogen-bond acceptors (Lipinski definition) is 1. The van der Waals surface area contributed by atoms with Crippen LogP contribution in [0.25, 0.3) is 27.9 Å². The van der Waals surface area contributed by atoms with Gasteiger partial charge in [0.1, 0.15) is 0 Å². The number of nitrogens with zero attached hydrogens (tertiary/aromatic N) is 1. The minimum Gasteiger partial charge on any atom is -1.00 e. The summed E-state index contributed by atoms with van der Waals surface area (Å²) in [6, 6.07) is 17.4. The van der Waals surface area contributed by atoms with Gasteiger partial charge in [0.25, 0.3) is 0 Å². The molecular weight excluding hydrogens is 500 g/mol. The minimum absolute atomic E-state index is 0. The van der Waals surface area contributed by atoms with Crippen molar-refractivity contribution in [3.05, 3.63) is 90.8 Å². The molecule has 4 aromatic rings. The van der Waals surface area contributed by atoms with E-state index in [9.17, 15) is 0 Å². The summed E-state index contributed by atoms with van der Waals surface area (Å²) in [4.78, 5) is 1.25. The highest BCUT2D eigenvalue weighted by Gasteiger charge is 2.25. The van der Waals surface area contributed by atoms with Gasteiger partial charge in [-0.3, -0.25) is 0 Å². The first-order valence-corrected chi connectivity index (χ1v) is 11.3. The van der Waals surface area contributed by atoms with Crippen molar-refractivity contribution in [2.24, 2.45) is 0 Å². The van der Waals surface area contributed by atoms with Crippen LogP contribution in [-0.2, 0) is 0 Å². The highest BCUT2D eigenvalue weighted by atomic mass is 35.5. The monoisotopic (exact) mass is 513 g/mol. The zero-order valence-electron chi connectivity index (χ0n) is 16.0. The minimum atomic E-state index is 0. The topological polar surface area (TPSA) is 3.88 Å². The fourth-order valence-electron chi connectivity index (χ4n) is 3.37. The van der Waals surface area contributed by atoms with Crippen LogP contribution >= 0.6 is 57.7 Å². The van der Waals surface area contributed by atoms with Crippen molar-refractivity contribution in [1.29, 1.82) is 0 Å². The molecule has 0 fully saturated rings. The smallest absolute Gasteiger partial charge is 0.231 e. The van der Waals surface area contributed by atoms with Crippen molar-refractivity contribution in [3.8, 4) is 27.9 Å². The second kappa shape index (κ2) is 9.48. The van der Waals surface area contributed by atoms with Gasteiger partial charge in [-0.25, -0.2) is 0 Å². The summed E-state index contributed by atoms with van der Waals surface area (Å²) in [5, 5.41) is 2.38. The number of rotatable bonds is 3. The molecule has 0 aliphatic carbocycles. The molecule has 0 N–H and O–H groups in total. The molecule has 4 rings (SSSR count). The summed E-state index contributed by atoms with van der Waals surface area (Å²) in [6.45, 7) is 4.23. The average molecular weight is 516 g/mol. The van der Waals surface area contributed by atoms with Crippen molar-refractivity contribution >= 4 is 57.7 Å². The zero-order chi connectivity index (χ0) is 20.7. The molecule has 3 aromatic carbocycles. The van der Waals surface area contributed by atoms with E-state index >= 15 is 0 Å². The van der Waals surface area contributed by atoms with Crippen LogP contribution < -0.4 is 17.0 Å². The van der Waals surface area contributed by atoms with Crippen LogP contribution in [-0.4, -0.2) is 0 Å². The van der Waals surface area contributed by atoms with E-state index in [0.717, 1.165) is 27.9 Å². The van der Waals surface area contributed by atoms with Gasteiger partial charge in [0.05, 0.1) is 16.0 Å². The molecule has 0 unspecified atom stereocenters. The van der Waals surface area contributed by atoms with E-state index in [1.807, 2.05) is 30.3 Å². The standard InChI is InChI=1S/C23H16Cl4NS.ClH/c1-13-14(2)29-12-28(13)23-21(15-6-17(24)10-18(25)7-15)4-3-5-22(23)16-8-19(26)11-20(27)9-16;/h3-12H,1-2H3;1H/q+1;/p-1. The number of benzene rings is 3. The summed E-state index contributed by atoms with van der Waals surface area (Å²) >= 11 is 26.9. The van der Waals surface area contributed by atoms with E-state index in [1.165, 1.54) is 10.6 Å². The van der Waals surface area contributed by atoms with Gasteiger partial charge in [-0.05, 0) is 66.6 Å². The SMILES string of the molecule is Cc1sc[n+](-c2c(-c3cc(Cl)cc(Cl)c3)cccc2-c2cc(Cl)cc(Cl)c2)c1C.[Cl-]. The predicted molar refractivity (Wildman–Crippen MR) is 126 cm³/mol. The van der Waals surface area contributed by atoms with Crippen LogP contribution in [0.4, 0.5) is 0 Å². The highest BCUT2D eigenvalue weighted by molar-refractivity contribution is 7.09. The van der Waals surface area contributed by atoms with Gasteiger partial charge < -0.3 is 12.4 Å². The van der Waals surface area contributed by atoms with Crippen LogP contribution in [0.2, 0.25) is 20.1 Å². The third-order valence-electron chi connectivity index (χ3n) is 4.83. The second-order valence-electron chi connectivity index (χ2n) is 6.75. The van der Waals surface area contributed by atoms with Crippen LogP contribution in [0.5, 0.6) is 0 Å². The Bertz CT molecular complexity index is 1120. The first-order valence-electron chi connectivity index (χ1n) is 8.86. The largest absolute Gasteiger partial charge is 1.00 e. The molecule has 1 heterocycles. The van der Waals surface area contributed by atoms with E-state index < -0.39 is 0 Å². The molecule has 0 spiro atoms. The summed E-state index contributed by atoms with van der Waals surface area (Å²) in [7, 11) is 0. The molecule has 30 heavy (non-hydrogen) atoms. The quantitative estimate of drug-likeness (QED) is 0.313. The van der Waals surface area contributed by atoms with Crippen LogP contribution in [0.3, 0.4) is 0 Å². The maximum absolute atomic E-state index is 6.31. The Morgan fingerprint density at radius 3 is 1.50 bits per heavy atom. The Morgan fingerprint density at radius 1 is 0.700 bits per heavy atom. The molecule has 1 aromatic heterocycles. The molecule has 1 nitrogen and oxygen atoms in total. The average Bonchev–Trinajstić information content (AvgIpc) is 2.98. The fraction of sp³-hybridized carbons (Fsp3) is 0.0870. The van der Waals surface area contributed by atoms with Crippen LogP contribution in [0.1, 0.15) is 10.6 Å². The van der Waals surface area contributed by atoms with Crippen molar-refractivity contribution < 1.29 is 17.0 Å². The summed E-state index contributed by atoms with van der Waals surface area (Å²) < 4.78 is 2.20. The van der Waals surface area contributed by atoms with Gasteiger partial charge >= 0.3 is 0 Å². The number of hydrogen-bond donors (Lipinski definition) is 0. The first-order chi connectivity index (χ1) is 13.8. The van der Waals surface area contributed by atoms with Gasteiger partial charge in [0.2, 0.25) is 11.2 Å². The maximum Gasteiger partial charge on any atom is 0.231 e. The van der Waals surface area contributed by atoms with Crippen molar-refractivity contribution in [2.45, 2.75) is 13.8 Å². The Kier molecular flexibility index (Phi) is 7.40. The normalized spacial score (nSPS) is 10.7. The van der Waals surface area contributed by atoms with Crippen molar-refractivity contribution in [3.63, 3.8) is 0 Å². The summed E-state index contributed by atoms with van der Waals surface area (Å²) in [5.74, 6) is 0. The summed E-state index contributed by atoms with van der Waals surface area (Å²) in [6.07, 6.45) is 0. The highest BCUT2D eigenvalue weighted by Crippen LogP contribution is 2.37. The van der Waals surface area contributed by atoms with E-state index in [4.69, 9.17) is 46.4 Å². The van der Waals surface area contributed by atoms with Gasteiger partial charge in [-0.1, -0.05) is 63.8 Å². The lowest BCUT2D eigenvalue weighted by Gasteiger charge is -2.12. The van der Waals surface area contributed by atoms with Crippen LogP contribution in [0, 0.1) is 13.8 Å². The molecule has 0 radical (unpaired) electrons. The second-order valence-corrected chi connectivity index (χ2v) is 9.56. The lowest BCUT2D eigenvalue weighted by Crippen LogP contribution is -3.00. The van der Waals surface area contributed by atoms with E-state index in [1.54, 1.807) is 23.5 Å². The zero-order valence-corrected chi connectivity index (χ0v) is 20.6. The predicted octanol–water partition coefficient (Wildman–Crippen LogP) is 5.59. The molecule has 0 amide bonds. The van der Waals surface area contributed by atoms with Crippen molar-refractivity contribution in [1.82, 2.24) is 0 Å². The van der Waals surface area contributed by atoms with Crippen molar-refractivity contribution in [2.75, 3.05) is 0 Å². The van der Waals surface area contributed by atoms with Gasteiger partial charge in [-0.2, -0.15) is 4.57 Å². The molecule has 0 bridgehead atoms. The number of halogens is 5. The number of aryl methyl sites for hydroxylation is 1. The molecule has 7 heteroatoms. The Hall–Kier alpha value is -1.26. The van der Waals surface area contributed by atoms with E-state index in [0.29, 0.717) is 20.1 Å². The molecule has 0 atom stereocenters. The van der Waals surface area contributed by atoms with Gasteiger partial charge in [-0.15, -0.1) is 0 Å². The molecular formula is C23H16Cl5NS. The van der Waals surface area contributed by atoms with Gasteiger partial charge in [0, 0.05) is 27.0 Å². The fourth-order valence-corrected chi connectivity index (χ4v) is 5.22.